The second-order valence-electron chi connectivity index (χ2n) is 2.99. The van der Waals surface area contributed by atoms with Crippen molar-refractivity contribution in [3.8, 4) is 0 Å². The van der Waals surface area contributed by atoms with Crippen molar-refractivity contribution in [2.45, 2.75) is 0 Å². The van der Waals surface area contributed by atoms with Crippen LogP contribution >= 0.6 is 0 Å². The van der Waals surface area contributed by atoms with E-state index in [1.165, 1.54) is 31.5 Å². The molecule has 0 saturated heterocycles. The number of esters is 1. The zero-order valence-corrected chi connectivity index (χ0v) is 8.03. The summed E-state index contributed by atoms with van der Waals surface area (Å²) in [4.78, 5) is 15.2. The molecule has 1 heterocycles. The van der Waals surface area contributed by atoms with Crippen molar-refractivity contribution in [2.75, 3.05) is 7.11 Å². The number of pyridine rings is 1. The van der Waals surface area contributed by atoms with Crippen LogP contribution in [-0.4, -0.2) is 18.1 Å². The molecule has 0 aliphatic heterocycles. The van der Waals surface area contributed by atoms with E-state index in [1.54, 1.807) is 6.07 Å². The first-order valence-electron chi connectivity index (χ1n) is 4.35. The normalized spacial score (nSPS) is 10.3. The van der Waals surface area contributed by atoms with Crippen molar-refractivity contribution < 1.29 is 13.9 Å². The summed E-state index contributed by atoms with van der Waals surface area (Å²) in [5.41, 5.74) is 0.134. The van der Waals surface area contributed by atoms with Gasteiger partial charge in [-0.3, -0.25) is 0 Å². The monoisotopic (exact) mass is 205 g/mol. The number of hydrogen-bond acceptors (Lipinski definition) is 3. The van der Waals surface area contributed by atoms with E-state index in [0.29, 0.717) is 10.8 Å². The molecule has 2 rings (SSSR count). The molecule has 0 aliphatic carbocycles. The molecule has 0 atom stereocenters. The minimum absolute atomic E-state index is 0.134. The molecule has 2 aromatic rings. The van der Waals surface area contributed by atoms with Crippen LogP contribution in [0.15, 0.2) is 30.5 Å². The average Bonchev–Trinajstić information content (AvgIpc) is 2.28. The first-order valence-corrected chi connectivity index (χ1v) is 4.35. The standard InChI is InChI=1S/C11H8FNO2/c1-15-11(14)10-8-3-2-4-9(12)7(8)5-6-13-10/h2-6H,1H3. The molecule has 76 valence electrons. The third kappa shape index (κ3) is 1.54. The Hall–Kier alpha value is -1.97. The van der Waals surface area contributed by atoms with E-state index >= 15 is 0 Å². The fourth-order valence-electron chi connectivity index (χ4n) is 1.43. The van der Waals surface area contributed by atoms with E-state index < -0.39 is 5.97 Å². The predicted octanol–water partition coefficient (Wildman–Crippen LogP) is 2.16. The number of halogens is 1. The molecule has 1 aromatic carbocycles. The molecule has 3 nitrogen and oxygen atoms in total. The van der Waals surface area contributed by atoms with Gasteiger partial charge in [0.15, 0.2) is 5.69 Å². The molecule has 0 unspecified atom stereocenters. The number of fused-ring (bicyclic) bond motifs is 1. The topological polar surface area (TPSA) is 39.2 Å². The number of hydrogen-bond donors (Lipinski definition) is 0. The summed E-state index contributed by atoms with van der Waals surface area (Å²) in [5, 5.41) is 0.831. The predicted molar refractivity (Wildman–Crippen MR) is 53.0 cm³/mol. The highest BCUT2D eigenvalue weighted by Gasteiger charge is 2.12. The fraction of sp³-hybridized carbons (Fsp3) is 0.0909. The first-order chi connectivity index (χ1) is 7.24. The lowest BCUT2D eigenvalue weighted by Crippen LogP contribution is -2.05. The minimum atomic E-state index is -0.564. The molecule has 0 aliphatic rings. The van der Waals surface area contributed by atoms with Gasteiger partial charge >= 0.3 is 5.97 Å². The van der Waals surface area contributed by atoms with Crippen molar-refractivity contribution >= 4 is 16.7 Å². The summed E-state index contributed by atoms with van der Waals surface area (Å²) in [6.45, 7) is 0. The SMILES string of the molecule is COC(=O)c1nccc2c(F)cccc12. The zero-order chi connectivity index (χ0) is 10.8. The van der Waals surface area contributed by atoms with Gasteiger partial charge in [-0.2, -0.15) is 0 Å². The molecule has 0 N–H and O–H groups in total. The summed E-state index contributed by atoms with van der Waals surface area (Å²) in [7, 11) is 1.27. The summed E-state index contributed by atoms with van der Waals surface area (Å²) < 4.78 is 17.9. The Labute approximate surface area is 85.5 Å². The van der Waals surface area contributed by atoms with Crippen LogP contribution in [0.3, 0.4) is 0 Å². The lowest BCUT2D eigenvalue weighted by molar-refractivity contribution is 0.0596. The third-order valence-corrected chi connectivity index (χ3v) is 2.13. The van der Waals surface area contributed by atoms with Gasteiger partial charge in [0.05, 0.1) is 7.11 Å². The van der Waals surface area contributed by atoms with E-state index in [2.05, 4.69) is 9.72 Å². The number of carbonyl (C=O) groups is 1. The molecule has 0 fully saturated rings. The Morgan fingerprint density at radius 1 is 1.33 bits per heavy atom. The molecule has 1 aromatic heterocycles. The van der Waals surface area contributed by atoms with Crippen LogP contribution in [0, 0.1) is 5.82 Å². The van der Waals surface area contributed by atoms with E-state index in [-0.39, 0.29) is 11.5 Å². The van der Waals surface area contributed by atoms with Crippen molar-refractivity contribution in [2.24, 2.45) is 0 Å². The molecule has 4 heteroatoms. The smallest absolute Gasteiger partial charge is 0.357 e. The highest BCUT2D eigenvalue weighted by Crippen LogP contribution is 2.19. The molecular weight excluding hydrogens is 197 g/mol. The molecule has 0 bridgehead atoms. The van der Waals surface area contributed by atoms with Gasteiger partial charge in [0, 0.05) is 17.0 Å². The van der Waals surface area contributed by atoms with E-state index in [1.807, 2.05) is 0 Å². The Kier molecular flexibility index (Phi) is 2.33. The van der Waals surface area contributed by atoms with Gasteiger partial charge < -0.3 is 4.74 Å². The zero-order valence-electron chi connectivity index (χ0n) is 8.03. The van der Waals surface area contributed by atoms with Crippen molar-refractivity contribution in [3.63, 3.8) is 0 Å². The highest BCUT2D eigenvalue weighted by atomic mass is 19.1. The molecule has 0 saturated carbocycles. The summed E-state index contributed by atoms with van der Waals surface area (Å²) in [6.07, 6.45) is 1.39. The van der Waals surface area contributed by atoms with Crippen molar-refractivity contribution in [3.05, 3.63) is 42.0 Å². The molecule has 0 amide bonds. The maximum Gasteiger partial charge on any atom is 0.357 e. The number of methoxy groups -OCH3 is 1. The number of benzene rings is 1. The summed E-state index contributed by atoms with van der Waals surface area (Å²) in [5.74, 6) is -0.939. The highest BCUT2D eigenvalue weighted by molar-refractivity contribution is 6.02. The molecular formula is C11H8FNO2. The molecule has 15 heavy (non-hydrogen) atoms. The maximum atomic E-state index is 13.4. The maximum absolute atomic E-state index is 13.4. The van der Waals surface area contributed by atoms with Crippen LogP contribution in [0.2, 0.25) is 0 Å². The van der Waals surface area contributed by atoms with Gasteiger partial charge in [0.2, 0.25) is 0 Å². The van der Waals surface area contributed by atoms with Gasteiger partial charge in [-0.25, -0.2) is 14.2 Å². The van der Waals surface area contributed by atoms with Gasteiger partial charge in [0.1, 0.15) is 5.82 Å². The Bertz CT molecular complexity index is 525. The van der Waals surface area contributed by atoms with E-state index in [4.69, 9.17) is 0 Å². The summed E-state index contributed by atoms with van der Waals surface area (Å²) >= 11 is 0. The Morgan fingerprint density at radius 2 is 2.13 bits per heavy atom. The largest absolute Gasteiger partial charge is 0.464 e. The van der Waals surface area contributed by atoms with Crippen LogP contribution in [-0.2, 0) is 4.74 Å². The second-order valence-corrected chi connectivity index (χ2v) is 2.99. The minimum Gasteiger partial charge on any atom is -0.464 e. The fourth-order valence-corrected chi connectivity index (χ4v) is 1.43. The third-order valence-electron chi connectivity index (χ3n) is 2.13. The van der Waals surface area contributed by atoms with Crippen molar-refractivity contribution in [1.29, 1.82) is 0 Å². The number of carbonyl (C=O) groups excluding carboxylic acids is 1. The Balaban J connectivity index is 2.77. The van der Waals surface area contributed by atoms with Crippen LogP contribution in [0.25, 0.3) is 10.8 Å². The molecule has 0 spiro atoms. The number of nitrogens with zero attached hydrogens (tertiary/aromatic N) is 1. The number of ether oxygens (including phenoxy) is 1. The second kappa shape index (κ2) is 3.65. The quantitative estimate of drug-likeness (QED) is 0.669. The van der Waals surface area contributed by atoms with Crippen LogP contribution in [0.5, 0.6) is 0 Å². The van der Waals surface area contributed by atoms with E-state index in [0.717, 1.165) is 0 Å². The first kappa shape index (κ1) is 9.58. The number of aromatic nitrogens is 1. The van der Waals surface area contributed by atoms with Gasteiger partial charge in [0.25, 0.3) is 0 Å². The summed E-state index contributed by atoms with van der Waals surface area (Å²) in [6, 6.07) is 6.03. The van der Waals surface area contributed by atoms with Crippen LogP contribution in [0.4, 0.5) is 4.39 Å². The lowest BCUT2D eigenvalue weighted by Gasteiger charge is -2.03. The van der Waals surface area contributed by atoms with Crippen molar-refractivity contribution in [1.82, 2.24) is 4.98 Å². The van der Waals surface area contributed by atoms with Gasteiger partial charge in [-0.1, -0.05) is 12.1 Å². The Morgan fingerprint density at radius 3 is 2.87 bits per heavy atom. The number of rotatable bonds is 1. The van der Waals surface area contributed by atoms with E-state index in [9.17, 15) is 9.18 Å². The van der Waals surface area contributed by atoms with Gasteiger partial charge in [-0.05, 0) is 12.1 Å². The molecule has 0 radical (unpaired) electrons. The average molecular weight is 205 g/mol. The van der Waals surface area contributed by atoms with Gasteiger partial charge in [-0.15, -0.1) is 0 Å². The van der Waals surface area contributed by atoms with Crippen LogP contribution in [0.1, 0.15) is 10.5 Å². The van der Waals surface area contributed by atoms with Crippen LogP contribution < -0.4 is 0 Å². The lowest BCUT2D eigenvalue weighted by atomic mass is 10.1.